The number of anilines is 2. The van der Waals surface area contributed by atoms with Crippen molar-refractivity contribution in [1.82, 2.24) is 10.3 Å². The van der Waals surface area contributed by atoms with E-state index in [4.69, 9.17) is 10.5 Å². The number of hydrogen-bond acceptors (Lipinski definition) is 6. The smallest absolute Gasteiger partial charge is 0.281 e. The standard InChI is InChI=1S/C10H10N4O3/c1-16-7-4-2-3-6(5-7)12-10(15)8-9(11)14-17-13-8/h2-5H,1H3,(H2,11,14)(H,12,15). The molecule has 0 aliphatic rings. The van der Waals surface area contributed by atoms with Gasteiger partial charge in [-0.2, -0.15) is 0 Å². The summed E-state index contributed by atoms with van der Waals surface area (Å²) in [6.45, 7) is 0. The Bertz CT molecular complexity index is 538. The molecule has 2 aromatic rings. The highest BCUT2D eigenvalue weighted by Crippen LogP contribution is 2.17. The van der Waals surface area contributed by atoms with E-state index in [1.165, 1.54) is 0 Å². The minimum atomic E-state index is -0.489. The fourth-order valence-corrected chi connectivity index (χ4v) is 1.24. The highest BCUT2D eigenvalue weighted by molar-refractivity contribution is 6.05. The Kier molecular flexibility index (Phi) is 2.91. The van der Waals surface area contributed by atoms with Crippen LogP contribution < -0.4 is 15.8 Å². The van der Waals surface area contributed by atoms with Crippen molar-refractivity contribution in [3.63, 3.8) is 0 Å². The first kappa shape index (κ1) is 10.9. The van der Waals surface area contributed by atoms with Gasteiger partial charge in [-0.1, -0.05) is 6.07 Å². The summed E-state index contributed by atoms with van der Waals surface area (Å²) in [5.74, 6) is 0.0939. The number of nitrogens with two attached hydrogens (primary N) is 1. The van der Waals surface area contributed by atoms with Crippen LogP contribution in [0.4, 0.5) is 11.5 Å². The number of aromatic nitrogens is 2. The van der Waals surface area contributed by atoms with Gasteiger partial charge >= 0.3 is 0 Å². The summed E-state index contributed by atoms with van der Waals surface area (Å²) in [5, 5.41) is 9.32. The van der Waals surface area contributed by atoms with Crippen LogP contribution in [0, 0.1) is 0 Å². The molecule has 0 fully saturated rings. The van der Waals surface area contributed by atoms with Crippen molar-refractivity contribution >= 4 is 17.4 Å². The third-order valence-electron chi connectivity index (χ3n) is 2.06. The predicted octanol–water partition coefficient (Wildman–Crippen LogP) is 0.913. The quantitative estimate of drug-likeness (QED) is 0.818. The maximum Gasteiger partial charge on any atom is 0.281 e. The number of nitrogens with zero attached hydrogens (tertiary/aromatic N) is 2. The summed E-state index contributed by atoms with van der Waals surface area (Å²) >= 11 is 0. The summed E-state index contributed by atoms with van der Waals surface area (Å²) in [7, 11) is 1.54. The van der Waals surface area contributed by atoms with E-state index >= 15 is 0 Å². The van der Waals surface area contributed by atoms with Crippen LogP contribution in [0.2, 0.25) is 0 Å². The van der Waals surface area contributed by atoms with Gasteiger partial charge in [-0.3, -0.25) is 4.79 Å². The Labute approximate surface area is 96.5 Å². The maximum absolute atomic E-state index is 11.7. The van der Waals surface area contributed by atoms with Crippen LogP contribution in [-0.2, 0) is 0 Å². The lowest BCUT2D eigenvalue weighted by atomic mass is 10.3. The first-order valence-corrected chi connectivity index (χ1v) is 4.74. The monoisotopic (exact) mass is 234 g/mol. The van der Waals surface area contributed by atoms with E-state index in [-0.39, 0.29) is 11.5 Å². The van der Waals surface area contributed by atoms with Crippen molar-refractivity contribution in [2.45, 2.75) is 0 Å². The minimum Gasteiger partial charge on any atom is -0.497 e. The number of methoxy groups -OCH3 is 1. The molecule has 1 aromatic heterocycles. The molecule has 0 bridgehead atoms. The van der Waals surface area contributed by atoms with Crippen LogP contribution >= 0.6 is 0 Å². The molecule has 1 amide bonds. The zero-order chi connectivity index (χ0) is 12.3. The van der Waals surface area contributed by atoms with Crippen LogP contribution in [0.25, 0.3) is 0 Å². The van der Waals surface area contributed by atoms with E-state index in [0.29, 0.717) is 11.4 Å². The van der Waals surface area contributed by atoms with Crippen molar-refractivity contribution in [2.75, 3.05) is 18.2 Å². The molecule has 1 aromatic carbocycles. The molecule has 0 saturated carbocycles. The van der Waals surface area contributed by atoms with Gasteiger partial charge in [-0.05, 0) is 22.4 Å². The van der Waals surface area contributed by atoms with E-state index < -0.39 is 5.91 Å². The second-order valence-electron chi connectivity index (χ2n) is 3.18. The molecule has 7 heteroatoms. The molecule has 3 N–H and O–H groups in total. The van der Waals surface area contributed by atoms with Gasteiger partial charge in [0, 0.05) is 11.8 Å². The average Bonchev–Trinajstić information content (AvgIpc) is 2.76. The fourth-order valence-electron chi connectivity index (χ4n) is 1.24. The highest BCUT2D eigenvalue weighted by atomic mass is 16.6. The molecule has 1 heterocycles. The van der Waals surface area contributed by atoms with Gasteiger partial charge in [-0.25, -0.2) is 4.63 Å². The van der Waals surface area contributed by atoms with Crippen LogP contribution in [0.15, 0.2) is 28.9 Å². The van der Waals surface area contributed by atoms with Gasteiger partial charge < -0.3 is 15.8 Å². The molecular formula is C10H10N4O3. The molecule has 0 saturated heterocycles. The van der Waals surface area contributed by atoms with Gasteiger partial charge in [0.2, 0.25) is 11.5 Å². The first-order chi connectivity index (χ1) is 8.20. The molecule has 0 aliphatic heterocycles. The van der Waals surface area contributed by atoms with Crippen molar-refractivity contribution < 1.29 is 14.2 Å². The third kappa shape index (κ3) is 2.33. The summed E-state index contributed by atoms with van der Waals surface area (Å²) in [6.07, 6.45) is 0. The first-order valence-electron chi connectivity index (χ1n) is 4.74. The van der Waals surface area contributed by atoms with E-state index in [2.05, 4.69) is 20.3 Å². The number of carbonyl (C=O) groups is 1. The molecule has 7 nitrogen and oxygen atoms in total. The SMILES string of the molecule is COc1cccc(NC(=O)c2nonc2N)c1. The van der Waals surface area contributed by atoms with E-state index in [0.717, 1.165) is 0 Å². The normalized spacial score (nSPS) is 9.94. The van der Waals surface area contributed by atoms with Crippen LogP contribution in [-0.4, -0.2) is 23.3 Å². The van der Waals surface area contributed by atoms with E-state index in [1.807, 2.05) is 0 Å². The zero-order valence-corrected chi connectivity index (χ0v) is 9.01. The third-order valence-corrected chi connectivity index (χ3v) is 2.06. The van der Waals surface area contributed by atoms with E-state index in [1.54, 1.807) is 31.4 Å². The summed E-state index contributed by atoms with van der Waals surface area (Å²) in [6, 6.07) is 6.90. The second kappa shape index (κ2) is 4.52. The number of nitrogens with one attached hydrogen (secondary N) is 1. The number of rotatable bonds is 3. The number of hydrogen-bond donors (Lipinski definition) is 2. The van der Waals surface area contributed by atoms with Gasteiger partial charge in [0.25, 0.3) is 5.91 Å². The number of benzene rings is 1. The van der Waals surface area contributed by atoms with Gasteiger partial charge in [0.1, 0.15) is 5.75 Å². The summed E-state index contributed by atoms with van der Waals surface area (Å²) in [5.41, 5.74) is 5.92. The molecule has 0 atom stereocenters. The lowest BCUT2D eigenvalue weighted by Crippen LogP contribution is -2.14. The average molecular weight is 234 g/mol. The zero-order valence-electron chi connectivity index (χ0n) is 9.01. The Morgan fingerprint density at radius 3 is 2.94 bits per heavy atom. The number of ether oxygens (including phenoxy) is 1. The second-order valence-corrected chi connectivity index (χ2v) is 3.18. The molecule has 17 heavy (non-hydrogen) atoms. The van der Waals surface area contributed by atoms with Gasteiger partial charge in [0.05, 0.1) is 7.11 Å². The molecular weight excluding hydrogens is 224 g/mol. The van der Waals surface area contributed by atoms with Crippen molar-refractivity contribution in [1.29, 1.82) is 0 Å². The summed E-state index contributed by atoms with van der Waals surface area (Å²) in [4.78, 5) is 11.7. The predicted molar refractivity (Wildman–Crippen MR) is 59.7 cm³/mol. The molecule has 2 rings (SSSR count). The van der Waals surface area contributed by atoms with Gasteiger partial charge in [-0.15, -0.1) is 0 Å². The molecule has 0 unspecified atom stereocenters. The number of carbonyl (C=O) groups excluding carboxylic acids is 1. The van der Waals surface area contributed by atoms with Crippen molar-refractivity contribution in [2.24, 2.45) is 0 Å². The fraction of sp³-hybridized carbons (Fsp3) is 0.100. The van der Waals surface area contributed by atoms with E-state index in [9.17, 15) is 4.79 Å². The van der Waals surface area contributed by atoms with Crippen molar-refractivity contribution in [3.8, 4) is 5.75 Å². The Morgan fingerprint density at radius 2 is 2.29 bits per heavy atom. The van der Waals surface area contributed by atoms with Gasteiger partial charge in [0.15, 0.2) is 0 Å². The lowest BCUT2D eigenvalue weighted by molar-refractivity contribution is 0.101. The summed E-state index contributed by atoms with van der Waals surface area (Å²) < 4.78 is 9.37. The number of nitrogen functional groups attached to an aromatic ring is 1. The maximum atomic E-state index is 11.7. The van der Waals surface area contributed by atoms with Crippen LogP contribution in [0.3, 0.4) is 0 Å². The molecule has 0 radical (unpaired) electrons. The minimum absolute atomic E-state index is 0.0483. The largest absolute Gasteiger partial charge is 0.497 e. The Balaban J connectivity index is 2.16. The molecule has 0 spiro atoms. The lowest BCUT2D eigenvalue weighted by Gasteiger charge is -2.05. The highest BCUT2D eigenvalue weighted by Gasteiger charge is 2.15. The Morgan fingerprint density at radius 1 is 1.47 bits per heavy atom. The van der Waals surface area contributed by atoms with Crippen LogP contribution in [0.5, 0.6) is 5.75 Å². The Hall–Kier alpha value is -2.57. The van der Waals surface area contributed by atoms with Crippen LogP contribution in [0.1, 0.15) is 10.5 Å². The molecule has 0 aliphatic carbocycles. The number of amides is 1. The topological polar surface area (TPSA) is 103 Å². The van der Waals surface area contributed by atoms with Crippen molar-refractivity contribution in [3.05, 3.63) is 30.0 Å². The molecule has 88 valence electrons.